The lowest BCUT2D eigenvalue weighted by Crippen LogP contribution is -2.49. The Morgan fingerprint density at radius 3 is 2.59 bits per heavy atom. The van der Waals surface area contributed by atoms with E-state index in [1.807, 2.05) is 36.9 Å². The Bertz CT molecular complexity index is 1040. The van der Waals surface area contributed by atoms with E-state index in [-0.39, 0.29) is 11.3 Å². The van der Waals surface area contributed by atoms with Crippen molar-refractivity contribution in [2.45, 2.75) is 40.5 Å². The molecule has 1 aliphatic heterocycles. The molecule has 3 heterocycles. The molecule has 0 saturated carbocycles. The summed E-state index contributed by atoms with van der Waals surface area (Å²) in [6.45, 7) is 8.99. The number of amidine groups is 2. The number of aliphatic imine (C=N–C) groups is 2. The summed E-state index contributed by atoms with van der Waals surface area (Å²) < 4.78 is 6.86. The molecular formula is C23H29BrN6O2. The molecule has 1 fully saturated rings. The Morgan fingerprint density at radius 1 is 1.25 bits per heavy atom. The summed E-state index contributed by atoms with van der Waals surface area (Å²) in [4.78, 5) is 31.4. The number of hydrogen-bond donors (Lipinski definition) is 1. The number of aromatic nitrogens is 2. The van der Waals surface area contributed by atoms with Crippen LogP contribution < -0.4 is 10.1 Å². The van der Waals surface area contributed by atoms with Crippen LogP contribution in [0, 0.1) is 12.3 Å². The summed E-state index contributed by atoms with van der Waals surface area (Å²) >= 11 is 3.45. The molecule has 2 aromatic rings. The molecule has 0 atom stereocenters. The largest absolute Gasteiger partial charge is 0.451 e. The summed E-state index contributed by atoms with van der Waals surface area (Å²) in [6.07, 6.45) is 5.08. The topological polar surface area (TPSA) is 92.1 Å². The Balaban J connectivity index is 1.80. The molecule has 3 rings (SSSR count). The van der Waals surface area contributed by atoms with E-state index in [1.165, 1.54) is 0 Å². The van der Waals surface area contributed by atoms with Crippen molar-refractivity contribution in [2.75, 3.05) is 20.1 Å². The Morgan fingerprint density at radius 2 is 1.97 bits per heavy atom. The van der Waals surface area contributed by atoms with Crippen LogP contribution in [0.2, 0.25) is 0 Å². The highest BCUT2D eigenvalue weighted by atomic mass is 79.9. The third-order valence-corrected chi connectivity index (χ3v) is 6.09. The maximum Gasteiger partial charge on any atom is 0.219 e. The Labute approximate surface area is 197 Å². The number of hydrogen-bond acceptors (Lipinski definition) is 6. The predicted molar refractivity (Wildman–Crippen MR) is 130 cm³/mol. The van der Waals surface area contributed by atoms with Gasteiger partial charge in [0, 0.05) is 55.4 Å². The second-order valence-corrected chi connectivity index (χ2v) is 9.04. The van der Waals surface area contributed by atoms with Crippen molar-refractivity contribution < 1.29 is 9.53 Å². The van der Waals surface area contributed by atoms with E-state index in [1.54, 1.807) is 26.4 Å². The van der Waals surface area contributed by atoms with E-state index in [9.17, 15) is 4.79 Å². The van der Waals surface area contributed by atoms with Crippen LogP contribution in [0.4, 0.5) is 5.82 Å². The van der Waals surface area contributed by atoms with Gasteiger partial charge in [-0.1, -0.05) is 6.92 Å². The lowest BCUT2D eigenvalue weighted by atomic mass is 9.79. The first-order chi connectivity index (χ1) is 15.2. The molecule has 0 aliphatic carbocycles. The SMILES string of the molecule is CN=C(N/C(C)=N/c1ncc(Br)cc1Oc1cccnc1C)C1(C)CCN(C(C)=O)CC1. The first-order valence-electron chi connectivity index (χ1n) is 10.5. The van der Waals surface area contributed by atoms with E-state index in [0.717, 1.165) is 41.9 Å². The standard InChI is InChI=1S/C23H29BrN6O2/c1-15-19(7-6-10-26-15)32-20-13-18(24)14-27-21(20)28-16(2)29-22(25-5)23(4)8-11-30(12-9-23)17(3)31/h6-7,10,13-14H,8-9,11-12H2,1-5H3,(H,25,27,28,29). The fourth-order valence-corrected chi connectivity index (χ4v) is 3.97. The fraction of sp³-hybridized carbons (Fsp3) is 0.435. The van der Waals surface area contributed by atoms with Crippen molar-refractivity contribution >= 4 is 39.3 Å². The lowest BCUT2D eigenvalue weighted by molar-refractivity contribution is -0.130. The molecule has 1 amide bonds. The van der Waals surface area contributed by atoms with Crippen molar-refractivity contribution in [3.63, 3.8) is 0 Å². The zero-order valence-corrected chi connectivity index (χ0v) is 20.7. The van der Waals surface area contributed by atoms with Gasteiger partial charge in [0.2, 0.25) is 5.91 Å². The van der Waals surface area contributed by atoms with Gasteiger partial charge in [-0.05, 0) is 54.8 Å². The summed E-state index contributed by atoms with van der Waals surface area (Å²) in [5.41, 5.74) is 0.624. The minimum absolute atomic E-state index is 0.116. The molecule has 9 heteroatoms. The number of piperidine rings is 1. The zero-order chi connectivity index (χ0) is 23.3. The van der Waals surface area contributed by atoms with Gasteiger partial charge in [-0.15, -0.1) is 0 Å². The van der Waals surface area contributed by atoms with Gasteiger partial charge in [0.25, 0.3) is 0 Å². The summed E-state index contributed by atoms with van der Waals surface area (Å²) in [6, 6.07) is 5.52. The first kappa shape index (κ1) is 23.8. The number of carbonyl (C=O) groups excluding carboxylic acids is 1. The first-order valence-corrected chi connectivity index (χ1v) is 11.3. The minimum Gasteiger partial charge on any atom is -0.451 e. The lowest BCUT2D eigenvalue weighted by Gasteiger charge is -2.39. The third kappa shape index (κ3) is 5.70. The smallest absolute Gasteiger partial charge is 0.219 e. The Kier molecular flexibility index (Phi) is 7.60. The maximum absolute atomic E-state index is 11.7. The van der Waals surface area contributed by atoms with Crippen LogP contribution in [0.25, 0.3) is 0 Å². The number of halogens is 1. The van der Waals surface area contributed by atoms with Crippen LogP contribution in [0.3, 0.4) is 0 Å². The van der Waals surface area contributed by atoms with Crippen molar-refractivity contribution in [1.29, 1.82) is 0 Å². The average molecular weight is 501 g/mol. The van der Waals surface area contributed by atoms with Crippen molar-refractivity contribution in [1.82, 2.24) is 20.2 Å². The summed E-state index contributed by atoms with van der Waals surface area (Å²) in [7, 11) is 1.77. The molecular weight excluding hydrogens is 472 g/mol. The second kappa shape index (κ2) is 10.2. The van der Waals surface area contributed by atoms with Gasteiger partial charge in [-0.25, -0.2) is 9.98 Å². The van der Waals surface area contributed by atoms with Crippen LogP contribution in [0.5, 0.6) is 11.5 Å². The normalized spacial score (nSPS) is 16.6. The highest BCUT2D eigenvalue weighted by molar-refractivity contribution is 9.10. The van der Waals surface area contributed by atoms with E-state index in [2.05, 4.69) is 48.1 Å². The van der Waals surface area contributed by atoms with Crippen LogP contribution in [0.1, 0.15) is 39.3 Å². The molecule has 1 N–H and O–H groups in total. The van der Waals surface area contributed by atoms with Crippen molar-refractivity contribution in [3.8, 4) is 11.5 Å². The number of pyridine rings is 2. The Hall–Kier alpha value is -2.81. The summed E-state index contributed by atoms with van der Waals surface area (Å²) in [5.74, 6) is 3.24. The van der Waals surface area contributed by atoms with Gasteiger partial charge >= 0.3 is 0 Å². The molecule has 0 unspecified atom stereocenters. The van der Waals surface area contributed by atoms with Crippen LogP contribution in [-0.4, -0.2) is 52.6 Å². The molecule has 0 aromatic carbocycles. The van der Waals surface area contributed by atoms with E-state index < -0.39 is 0 Å². The number of amides is 1. The van der Waals surface area contributed by atoms with Crippen LogP contribution in [0.15, 0.2) is 45.1 Å². The molecule has 0 bridgehead atoms. The summed E-state index contributed by atoms with van der Waals surface area (Å²) in [5, 5.41) is 3.36. The number of likely N-dealkylation sites (tertiary alicyclic amines) is 1. The van der Waals surface area contributed by atoms with Crippen LogP contribution in [-0.2, 0) is 4.79 Å². The van der Waals surface area contributed by atoms with E-state index in [0.29, 0.717) is 23.2 Å². The van der Waals surface area contributed by atoms with E-state index in [4.69, 9.17) is 4.74 Å². The van der Waals surface area contributed by atoms with Gasteiger partial charge in [-0.3, -0.25) is 14.8 Å². The molecule has 32 heavy (non-hydrogen) atoms. The molecule has 0 spiro atoms. The van der Waals surface area contributed by atoms with Crippen molar-refractivity contribution in [3.05, 3.63) is 40.8 Å². The molecule has 0 radical (unpaired) electrons. The molecule has 1 aliphatic rings. The number of carbonyl (C=O) groups is 1. The number of ether oxygens (including phenoxy) is 1. The highest BCUT2D eigenvalue weighted by Gasteiger charge is 2.35. The number of aryl methyl sites for hydroxylation is 1. The van der Waals surface area contributed by atoms with Gasteiger partial charge in [0.05, 0.1) is 5.69 Å². The number of nitrogens with zero attached hydrogens (tertiary/aromatic N) is 5. The third-order valence-electron chi connectivity index (χ3n) is 5.66. The fourth-order valence-electron chi connectivity index (χ4n) is 3.66. The van der Waals surface area contributed by atoms with Gasteiger partial charge in [0.1, 0.15) is 17.4 Å². The molecule has 170 valence electrons. The van der Waals surface area contributed by atoms with Gasteiger partial charge in [0.15, 0.2) is 11.6 Å². The quantitative estimate of drug-likeness (QED) is 0.486. The van der Waals surface area contributed by atoms with Gasteiger partial charge < -0.3 is 15.0 Å². The maximum atomic E-state index is 11.7. The van der Waals surface area contributed by atoms with Gasteiger partial charge in [-0.2, -0.15) is 0 Å². The predicted octanol–water partition coefficient (Wildman–Crippen LogP) is 4.66. The molecule has 1 saturated heterocycles. The number of nitrogens with one attached hydrogen (secondary N) is 1. The van der Waals surface area contributed by atoms with Crippen molar-refractivity contribution in [2.24, 2.45) is 15.4 Å². The monoisotopic (exact) mass is 500 g/mol. The molecule has 2 aromatic heterocycles. The zero-order valence-electron chi connectivity index (χ0n) is 19.1. The van der Waals surface area contributed by atoms with E-state index >= 15 is 0 Å². The number of rotatable bonds is 4. The van der Waals surface area contributed by atoms with Crippen LogP contribution >= 0.6 is 15.9 Å². The molecule has 8 nitrogen and oxygen atoms in total. The highest BCUT2D eigenvalue weighted by Crippen LogP contribution is 2.34. The average Bonchev–Trinajstić information content (AvgIpc) is 2.75. The minimum atomic E-state index is -0.156. The second-order valence-electron chi connectivity index (χ2n) is 8.13.